The smallest absolute Gasteiger partial charge is 0.0576 e. The van der Waals surface area contributed by atoms with Gasteiger partial charge in [-0.3, -0.25) is 0 Å². The van der Waals surface area contributed by atoms with E-state index in [0.29, 0.717) is 6.10 Å². The zero-order valence-electron chi connectivity index (χ0n) is 12.3. The SMILES string of the molecule is CCc1ccc(C(N)CCC2CCCO2)cc1CC. The van der Waals surface area contributed by atoms with Crippen LogP contribution in [0.3, 0.4) is 0 Å². The maximum atomic E-state index is 6.33. The molecule has 19 heavy (non-hydrogen) atoms. The summed E-state index contributed by atoms with van der Waals surface area (Å²) in [7, 11) is 0. The van der Waals surface area contributed by atoms with Gasteiger partial charge in [0.25, 0.3) is 0 Å². The fourth-order valence-electron chi connectivity index (χ4n) is 2.95. The molecular formula is C17H27NO. The summed E-state index contributed by atoms with van der Waals surface area (Å²) in [6, 6.07) is 6.91. The van der Waals surface area contributed by atoms with E-state index in [9.17, 15) is 0 Å². The first-order valence-corrected chi connectivity index (χ1v) is 7.73. The van der Waals surface area contributed by atoms with E-state index >= 15 is 0 Å². The summed E-state index contributed by atoms with van der Waals surface area (Å²) in [4.78, 5) is 0. The highest BCUT2D eigenvalue weighted by Crippen LogP contribution is 2.24. The summed E-state index contributed by atoms with van der Waals surface area (Å²) in [5.41, 5.74) is 10.5. The molecule has 2 nitrogen and oxygen atoms in total. The molecule has 1 saturated heterocycles. The van der Waals surface area contributed by atoms with Crippen LogP contribution in [0.1, 0.15) is 62.3 Å². The fourth-order valence-corrected chi connectivity index (χ4v) is 2.95. The van der Waals surface area contributed by atoms with Crippen LogP contribution < -0.4 is 5.73 Å². The van der Waals surface area contributed by atoms with Crippen LogP contribution >= 0.6 is 0 Å². The van der Waals surface area contributed by atoms with Crippen molar-refractivity contribution in [3.8, 4) is 0 Å². The Balaban J connectivity index is 1.95. The average molecular weight is 261 g/mol. The Bertz CT molecular complexity index is 396. The lowest BCUT2D eigenvalue weighted by Gasteiger charge is -2.17. The Morgan fingerprint density at radius 2 is 2.05 bits per heavy atom. The third-order valence-corrected chi connectivity index (χ3v) is 4.24. The van der Waals surface area contributed by atoms with Gasteiger partial charge in [0.05, 0.1) is 6.10 Å². The van der Waals surface area contributed by atoms with Crippen LogP contribution in [0.5, 0.6) is 0 Å². The molecule has 0 amide bonds. The highest BCUT2D eigenvalue weighted by molar-refractivity contribution is 5.33. The summed E-state index contributed by atoms with van der Waals surface area (Å²) in [5, 5.41) is 0. The van der Waals surface area contributed by atoms with Crippen molar-refractivity contribution in [2.75, 3.05) is 6.61 Å². The average Bonchev–Trinajstić information content (AvgIpc) is 2.97. The van der Waals surface area contributed by atoms with Gasteiger partial charge in [0.15, 0.2) is 0 Å². The van der Waals surface area contributed by atoms with Gasteiger partial charge in [-0.25, -0.2) is 0 Å². The Morgan fingerprint density at radius 1 is 1.26 bits per heavy atom. The van der Waals surface area contributed by atoms with Gasteiger partial charge >= 0.3 is 0 Å². The normalized spacial score (nSPS) is 20.7. The number of hydrogen-bond donors (Lipinski definition) is 1. The van der Waals surface area contributed by atoms with Crippen LogP contribution in [-0.2, 0) is 17.6 Å². The second kappa shape index (κ2) is 7.06. The quantitative estimate of drug-likeness (QED) is 0.846. The standard InChI is InChI=1S/C17H27NO/c1-3-13-7-8-15(12-14(13)4-2)17(18)10-9-16-6-5-11-19-16/h7-8,12,16-17H,3-6,9-11,18H2,1-2H3. The predicted molar refractivity (Wildman–Crippen MR) is 80.3 cm³/mol. The van der Waals surface area contributed by atoms with Gasteiger partial charge in [0.2, 0.25) is 0 Å². The van der Waals surface area contributed by atoms with Crippen molar-refractivity contribution in [1.29, 1.82) is 0 Å². The second-order valence-corrected chi connectivity index (χ2v) is 5.55. The largest absolute Gasteiger partial charge is 0.378 e. The highest BCUT2D eigenvalue weighted by atomic mass is 16.5. The van der Waals surface area contributed by atoms with Crippen molar-refractivity contribution in [3.05, 3.63) is 34.9 Å². The van der Waals surface area contributed by atoms with Crippen LogP contribution in [0.25, 0.3) is 0 Å². The van der Waals surface area contributed by atoms with E-state index in [0.717, 1.165) is 32.3 Å². The molecule has 1 aromatic rings. The van der Waals surface area contributed by atoms with Crippen molar-refractivity contribution < 1.29 is 4.74 Å². The molecule has 1 aliphatic heterocycles. The zero-order valence-corrected chi connectivity index (χ0v) is 12.3. The minimum absolute atomic E-state index is 0.153. The lowest BCUT2D eigenvalue weighted by Crippen LogP contribution is -2.15. The molecule has 0 spiro atoms. The summed E-state index contributed by atoms with van der Waals surface area (Å²) >= 11 is 0. The highest BCUT2D eigenvalue weighted by Gasteiger charge is 2.17. The third-order valence-electron chi connectivity index (χ3n) is 4.24. The molecule has 0 saturated carbocycles. The number of aryl methyl sites for hydroxylation is 2. The lowest BCUT2D eigenvalue weighted by molar-refractivity contribution is 0.101. The maximum Gasteiger partial charge on any atom is 0.0576 e. The van der Waals surface area contributed by atoms with E-state index in [1.165, 1.54) is 29.5 Å². The third kappa shape index (κ3) is 3.80. The van der Waals surface area contributed by atoms with Gasteiger partial charge in [-0.2, -0.15) is 0 Å². The van der Waals surface area contributed by atoms with Gasteiger partial charge in [0.1, 0.15) is 0 Å². The zero-order chi connectivity index (χ0) is 13.7. The van der Waals surface area contributed by atoms with E-state index in [1.807, 2.05) is 0 Å². The van der Waals surface area contributed by atoms with E-state index in [1.54, 1.807) is 0 Å². The number of nitrogens with two attached hydrogens (primary N) is 1. The molecule has 0 bridgehead atoms. The number of hydrogen-bond acceptors (Lipinski definition) is 2. The molecule has 2 unspecified atom stereocenters. The topological polar surface area (TPSA) is 35.2 Å². The maximum absolute atomic E-state index is 6.33. The van der Waals surface area contributed by atoms with Gasteiger partial charge in [-0.1, -0.05) is 32.0 Å². The molecular weight excluding hydrogens is 234 g/mol. The van der Waals surface area contributed by atoms with Crippen LogP contribution in [-0.4, -0.2) is 12.7 Å². The van der Waals surface area contributed by atoms with Crippen molar-refractivity contribution in [1.82, 2.24) is 0 Å². The fraction of sp³-hybridized carbons (Fsp3) is 0.647. The molecule has 0 radical (unpaired) electrons. The van der Waals surface area contributed by atoms with Crippen LogP contribution in [0.2, 0.25) is 0 Å². The summed E-state index contributed by atoms with van der Waals surface area (Å²) in [6.07, 6.45) is 7.19. The first-order chi connectivity index (χ1) is 9.24. The molecule has 0 aromatic heterocycles. The summed E-state index contributed by atoms with van der Waals surface area (Å²) in [5.74, 6) is 0. The van der Waals surface area contributed by atoms with E-state index in [-0.39, 0.29) is 6.04 Å². The monoisotopic (exact) mass is 261 g/mol. The van der Waals surface area contributed by atoms with Crippen LogP contribution in [0, 0.1) is 0 Å². The Labute approximate surface area is 117 Å². The van der Waals surface area contributed by atoms with Gasteiger partial charge < -0.3 is 10.5 Å². The Kier molecular flexibility index (Phi) is 5.41. The van der Waals surface area contributed by atoms with Crippen molar-refractivity contribution in [2.45, 2.75) is 64.5 Å². The number of rotatable bonds is 6. The molecule has 106 valence electrons. The number of benzene rings is 1. The second-order valence-electron chi connectivity index (χ2n) is 5.55. The molecule has 1 aromatic carbocycles. The van der Waals surface area contributed by atoms with E-state index in [4.69, 9.17) is 10.5 Å². The number of ether oxygens (including phenoxy) is 1. The van der Waals surface area contributed by atoms with Crippen LogP contribution in [0.15, 0.2) is 18.2 Å². The Morgan fingerprint density at radius 3 is 2.68 bits per heavy atom. The summed E-state index contributed by atoms with van der Waals surface area (Å²) < 4.78 is 5.67. The van der Waals surface area contributed by atoms with E-state index in [2.05, 4.69) is 32.0 Å². The van der Waals surface area contributed by atoms with E-state index < -0.39 is 0 Å². The van der Waals surface area contributed by atoms with Crippen molar-refractivity contribution >= 4 is 0 Å². The lowest BCUT2D eigenvalue weighted by atomic mass is 9.94. The van der Waals surface area contributed by atoms with Gasteiger partial charge in [-0.05, 0) is 55.2 Å². The molecule has 0 aliphatic carbocycles. The first kappa shape index (κ1) is 14.5. The summed E-state index contributed by atoms with van der Waals surface area (Å²) in [6.45, 7) is 5.37. The van der Waals surface area contributed by atoms with Crippen molar-refractivity contribution in [3.63, 3.8) is 0 Å². The molecule has 2 rings (SSSR count). The molecule has 2 heteroatoms. The van der Waals surface area contributed by atoms with Gasteiger partial charge in [-0.15, -0.1) is 0 Å². The minimum Gasteiger partial charge on any atom is -0.378 e. The van der Waals surface area contributed by atoms with Crippen molar-refractivity contribution in [2.24, 2.45) is 5.73 Å². The predicted octanol–water partition coefficient (Wildman–Crippen LogP) is 3.77. The minimum atomic E-state index is 0.153. The van der Waals surface area contributed by atoms with Gasteiger partial charge in [0, 0.05) is 12.6 Å². The molecule has 2 N–H and O–H groups in total. The molecule has 1 fully saturated rings. The Hall–Kier alpha value is -0.860. The molecule has 1 heterocycles. The van der Waals surface area contributed by atoms with Crippen LogP contribution in [0.4, 0.5) is 0 Å². The molecule has 2 atom stereocenters. The molecule has 1 aliphatic rings. The first-order valence-electron chi connectivity index (χ1n) is 7.73.